The van der Waals surface area contributed by atoms with Crippen LogP contribution in [-0.4, -0.2) is 17.2 Å². The lowest BCUT2D eigenvalue weighted by Crippen LogP contribution is -2.24. The number of benzene rings is 1. The van der Waals surface area contributed by atoms with Crippen LogP contribution in [0.4, 0.5) is 0 Å². The van der Waals surface area contributed by atoms with Gasteiger partial charge < -0.3 is 9.84 Å². The zero-order valence-corrected chi connectivity index (χ0v) is 11.4. The van der Waals surface area contributed by atoms with Gasteiger partial charge in [0, 0.05) is 5.41 Å². The third-order valence-electron chi connectivity index (χ3n) is 4.23. The highest BCUT2D eigenvalue weighted by Crippen LogP contribution is 2.52. The molecule has 19 heavy (non-hydrogen) atoms. The van der Waals surface area contributed by atoms with Crippen molar-refractivity contribution in [3.63, 3.8) is 0 Å². The van der Waals surface area contributed by atoms with E-state index in [1.807, 2.05) is 18.2 Å². The summed E-state index contributed by atoms with van der Waals surface area (Å²) in [6.07, 6.45) is 5.77. The summed E-state index contributed by atoms with van der Waals surface area (Å²) in [5.74, 6) is -0.0235. The molecule has 4 heteroatoms. The Kier molecular flexibility index (Phi) is 3.17. The molecule has 0 heterocycles. The van der Waals surface area contributed by atoms with Gasteiger partial charge in [0.2, 0.25) is 0 Å². The van der Waals surface area contributed by atoms with Crippen molar-refractivity contribution in [2.45, 2.75) is 50.0 Å². The summed E-state index contributed by atoms with van der Waals surface area (Å²) in [6, 6.07) is 5.74. The van der Waals surface area contributed by atoms with Crippen molar-refractivity contribution in [3.05, 3.63) is 28.8 Å². The number of aliphatic carboxylic acids is 1. The summed E-state index contributed by atoms with van der Waals surface area (Å²) in [7, 11) is 0. The number of carboxylic acids is 1. The molecule has 0 aromatic heterocycles. The molecule has 102 valence electrons. The molecule has 0 unspecified atom stereocenters. The molecule has 2 fully saturated rings. The summed E-state index contributed by atoms with van der Waals surface area (Å²) >= 11 is 6.25. The Balaban J connectivity index is 1.77. The maximum atomic E-state index is 10.9. The largest absolute Gasteiger partial charge is 0.489 e. The van der Waals surface area contributed by atoms with E-state index in [2.05, 4.69) is 0 Å². The minimum Gasteiger partial charge on any atom is -0.489 e. The summed E-state index contributed by atoms with van der Waals surface area (Å²) in [5, 5.41) is 9.57. The zero-order chi connectivity index (χ0) is 13.5. The van der Waals surface area contributed by atoms with E-state index in [9.17, 15) is 4.79 Å². The highest BCUT2D eigenvalue weighted by Gasteiger charge is 2.46. The Bertz CT molecular complexity index is 504. The van der Waals surface area contributed by atoms with Crippen molar-refractivity contribution in [1.82, 2.24) is 0 Å². The third kappa shape index (κ3) is 2.57. The van der Waals surface area contributed by atoms with Gasteiger partial charge in [-0.1, -0.05) is 17.7 Å². The lowest BCUT2D eigenvalue weighted by Gasteiger charge is -2.27. The van der Waals surface area contributed by atoms with Crippen molar-refractivity contribution >= 4 is 17.6 Å². The molecule has 0 amide bonds. The average molecular weight is 281 g/mol. The lowest BCUT2D eigenvalue weighted by molar-refractivity contribution is -0.137. The van der Waals surface area contributed by atoms with Crippen molar-refractivity contribution in [3.8, 4) is 5.75 Å². The van der Waals surface area contributed by atoms with Gasteiger partial charge in [0.25, 0.3) is 0 Å². The van der Waals surface area contributed by atoms with E-state index < -0.39 is 5.97 Å². The fourth-order valence-corrected chi connectivity index (χ4v) is 2.83. The maximum Gasteiger partial charge on any atom is 0.304 e. The van der Waals surface area contributed by atoms with Crippen LogP contribution in [0.2, 0.25) is 5.02 Å². The molecule has 0 saturated heterocycles. The van der Waals surface area contributed by atoms with E-state index in [1.54, 1.807) is 0 Å². The standard InChI is InChI=1S/C15H17ClO3/c16-12-8-10(15(6-7-15)9-14(17)18)4-5-13(12)19-11-2-1-3-11/h4-5,8,11H,1-3,6-7,9H2,(H,17,18). The SMILES string of the molecule is O=C(O)CC1(c2ccc(OC3CCC3)c(Cl)c2)CC1. The minimum absolute atomic E-state index is 0.187. The summed E-state index contributed by atoms with van der Waals surface area (Å²) in [5.41, 5.74) is 0.839. The highest BCUT2D eigenvalue weighted by molar-refractivity contribution is 6.32. The number of hydrogen-bond acceptors (Lipinski definition) is 2. The molecule has 1 aromatic rings. The monoisotopic (exact) mass is 280 g/mol. The maximum absolute atomic E-state index is 10.9. The first-order valence-corrected chi connectivity index (χ1v) is 7.15. The van der Waals surface area contributed by atoms with Gasteiger partial charge in [-0.25, -0.2) is 0 Å². The molecular weight excluding hydrogens is 264 g/mol. The molecule has 1 N–H and O–H groups in total. The Morgan fingerprint density at radius 1 is 1.42 bits per heavy atom. The molecule has 0 aliphatic heterocycles. The number of halogens is 1. The van der Waals surface area contributed by atoms with Crippen LogP contribution in [0.3, 0.4) is 0 Å². The van der Waals surface area contributed by atoms with Crippen LogP contribution in [0.1, 0.15) is 44.1 Å². The first-order chi connectivity index (χ1) is 9.09. The molecule has 0 spiro atoms. The molecule has 2 saturated carbocycles. The van der Waals surface area contributed by atoms with E-state index in [0.717, 1.165) is 37.0 Å². The number of rotatable bonds is 5. The first-order valence-electron chi connectivity index (χ1n) is 6.78. The van der Waals surface area contributed by atoms with E-state index in [-0.39, 0.29) is 11.8 Å². The number of hydrogen-bond donors (Lipinski definition) is 1. The van der Waals surface area contributed by atoms with E-state index in [0.29, 0.717) is 11.1 Å². The van der Waals surface area contributed by atoms with Crippen LogP contribution in [0.25, 0.3) is 0 Å². The quantitative estimate of drug-likeness (QED) is 0.893. The van der Waals surface area contributed by atoms with Crippen molar-refractivity contribution in [2.24, 2.45) is 0 Å². The van der Waals surface area contributed by atoms with Crippen LogP contribution in [-0.2, 0) is 10.2 Å². The van der Waals surface area contributed by atoms with Crippen molar-refractivity contribution < 1.29 is 14.6 Å². The van der Waals surface area contributed by atoms with Gasteiger partial charge in [0.05, 0.1) is 17.5 Å². The molecule has 0 bridgehead atoms. The summed E-state index contributed by atoms with van der Waals surface area (Å²) < 4.78 is 5.80. The molecule has 1 aromatic carbocycles. The van der Waals surface area contributed by atoms with Gasteiger partial charge >= 0.3 is 5.97 Å². The topological polar surface area (TPSA) is 46.5 Å². The lowest BCUT2D eigenvalue weighted by atomic mass is 9.92. The molecule has 3 rings (SSSR count). The van der Waals surface area contributed by atoms with Gasteiger partial charge in [0.15, 0.2) is 0 Å². The fraction of sp³-hybridized carbons (Fsp3) is 0.533. The molecular formula is C15H17ClO3. The molecule has 3 nitrogen and oxygen atoms in total. The van der Waals surface area contributed by atoms with Gasteiger partial charge in [-0.2, -0.15) is 0 Å². The number of carboxylic acid groups (broad SMARTS) is 1. The fourth-order valence-electron chi connectivity index (χ4n) is 2.60. The van der Waals surface area contributed by atoms with E-state index >= 15 is 0 Å². The normalized spacial score (nSPS) is 20.7. The first kappa shape index (κ1) is 12.8. The highest BCUT2D eigenvalue weighted by atomic mass is 35.5. The average Bonchev–Trinajstić information content (AvgIpc) is 3.05. The second kappa shape index (κ2) is 4.71. The Morgan fingerprint density at radius 2 is 2.16 bits per heavy atom. The number of ether oxygens (including phenoxy) is 1. The predicted octanol–water partition coefficient (Wildman–Crippen LogP) is 3.78. The van der Waals surface area contributed by atoms with Gasteiger partial charge in [0.1, 0.15) is 5.75 Å². The molecule has 0 radical (unpaired) electrons. The Morgan fingerprint density at radius 3 is 2.63 bits per heavy atom. The zero-order valence-electron chi connectivity index (χ0n) is 10.7. The Hall–Kier alpha value is -1.22. The van der Waals surface area contributed by atoms with Crippen LogP contribution in [0.15, 0.2) is 18.2 Å². The van der Waals surface area contributed by atoms with E-state index in [1.165, 1.54) is 6.42 Å². The van der Waals surface area contributed by atoms with Gasteiger partial charge in [-0.05, 0) is 49.8 Å². The molecule has 0 atom stereocenters. The van der Waals surface area contributed by atoms with Crippen LogP contribution in [0, 0.1) is 0 Å². The van der Waals surface area contributed by atoms with Gasteiger partial charge in [-0.15, -0.1) is 0 Å². The molecule has 2 aliphatic carbocycles. The molecule has 2 aliphatic rings. The summed E-state index contributed by atoms with van der Waals surface area (Å²) in [6.45, 7) is 0. The van der Waals surface area contributed by atoms with Crippen LogP contribution in [0.5, 0.6) is 5.75 Å². The second-order valence-electron chi connectivity index (χ2n) is 5.67. The van der Waals surface area contributed by atoms with Gasteiger partial charge in [-0.3, -0.25) is 4.79 Å². The van der Waals surface area contributed by atoms with Crippen molar-refractivity contribution in [1.29, 1.82) is 0 Å². The summed E-state index contributed by atoms with van der Waals surface area (Å²) in [4.78, 5) is 10.9. The third-order valence-corrected chi connectivity index (χ3v) is 4.53. The van der Waals surface area contributed by atoms with Crippen LogP contribution >= 0.6 is 11.6 Å². The van der Waals surface area contributed by atoms with Crippen LogP contribution < -0.4 is 4.74 Å². The van der Waals surface area contributed by atoms with Crippen molar-refractivity contribution in [2.75, 3.05) is 0 Å². The predicted molar refractivity (Wildman–Crippen MR) is 72.9 cm³/mol. The minimum atomic E-state index is -0.747. The number of carbonyl (C=O) groups is 1. The second-order valence-corrected chi connectivity index (χ2v) is 6.07. The Labute approximate surface area is 117 Å². The smallest absolute Gasteiger partial charge is 0.304 e. The van der Waals surface area contributed by atoms with E-state index in [4.69, 9.17) is 21.4 Å².